The van der Waals surface area contributed by atoms with Crippen LogP contribution >= 0.6 is 31.9 Å². The van der Waals surface area contributed by atoms with Gasteiger partial charge in [-0.3, -0.25) is 4.79 Å². The highest BCUT2D eigenvalue weighted by atomic mass is 79.9. The molecule has 0 N–H and O–H groups in total. The molecular formula is C17H9Br2FO. The first kappa shape index (κ1) is 14.4. The monoisotopic (exact) mass is 406 g/mol. The molecule has 0 aromatic heterocycles. The molecule has 0 heterocycles. The number of halogens is 3. The van der Waals surface area contributed by atoms with Crippen LogP contribution in [0.15, 0.2) is 63.5 Å². The molecule has 0 atom stereocenters. The summed E-state index contributed by atoms with van der Waals surface area (Å²) in [6.45, 7) is 0. The van der Waals surface area contributed by atoms with Crippen LogP contribution in [-0.4, -0.2) is 5.78 Å². The van der Waals surface area contributed by atoms with E-state index in [0.29, 0.717) is 21.9 Å². The normalized spacial score (nSPS) is 10.8. The van der Waals surface area contributed by atoms with E-state index in [1.807, 2.05) is 6.07 Å². The van der Waals surface area contributed by atoms with Gasteiger partial charge in [0.2, 0.25) is 0 Å². The highest BCUT2D eigenvalue weighted by Crippen LogP contribution is 2.26. The van der Waals surface area contributed by atoms with Gasteiger partial charge >= 0.3 is 0 Å². The minimum absolute atomic E-state index is 0.131. The van der Waals surface area contributed by atoms with Gasteiger partial charge in [0, 0.05) is 25.5 Å². The SMILES string of the molecule is O=C(c1cc(Br)cc(Br)c1)c1ccc(F)c2ccccc12. The van der Waals surface area contributed by atoms with Crippen molar-refractivity contribution in [2.75, 3.05) is 0 Å². The van der Waals surface area contributed by atoms with Crippen molar-refractivity contribution in [1.29, 1.82) is 0 Å². The summed E-state index contributed by atoms with van der Waals surface area (Å²) >= 11 is 6.75. The third-order valence-corrected chi connectivity index (χ3v) is 4.16. The van der Waals surface area contributed by atoms with Crippen molar-refractivity contribution in [3.63, 3.8) is 0 Å². The van der Waals surface area contributed by atoms with Gasteiger partial charge in [0.1, 0.15) is 5.82 Å². The molecule has 0 bridgehead atoms. The second-order valence-corrected chi connectivity index (χ2v) is 6.46. The van der Waals surface area contributed by atoms with Crippen LogP contribution in [0.3, 0.4) is 0 Å². The van der Waals surface area contributed by atoms with Crippen molar-refractivity contribution in [3.8, 4) is 0 Å². The lowest BCUT2D eigenvalue weighted by Crippen LogP contribution is -2.03. The van der Waals surface area contributed by atoms with Gasteiger partial charge in [0.25, 0.3) is 0 Å². The molecule has 21 heavy (non-hydrogen) atoms. The van der Waals surface area contributed by atoms with E-state index in [9.17, 15) is 9.18 Å². The predicted molar refractivity (Wildman–Crippen MR) is 89.2 cm³/mol. The Kier molecular flexibility index (Phi) is 3.91. The number of carbonyl (C=O) groups excluding carboxylic acids is 1. The first-order valence-corrected chi connectivity index (χ1v) is 7.83. The molecule has 3 aromatic carbocycles. The molecule has 0 radical (unpaired) electrons. The van der Waals surface area contributed by atoms with E-state index in [2.05, 4.69) is 31.9 Å². The topological polar surface area (TPSA) is 17.1 Å². The average Bonchev–Trinajstić information content (AvgIpc) is 2.46. The first-order chi connectivity index (χ1) is 10.1. The predicted octanol–water partition coefficient (Wildman–Crippen LogP) is 5.73. The second-order valence-electron chi connectivity index (χ2n) is 4.63. The Hall–Kier alpha value is -1.52. The first-order valence-electron chi connectivity index (χ1n) is 6.24. The van der Waals surface area contributed by atoms with Crippen LogP contribution in [0.4, 0.5) is 4.39 Å². The van der Waals surface area contributed by atoms with Gasteiger partial charge in [-0.1, -0.05) is 56.1 Å². The van der Waals surface area contributed by atoms with Gasteiger partial charge in [-0.15, -0.1) is 0 Å². The van der Waals surface area contributed by atoms with Crippen LogP contribution in [0.5, 0.6) is 0 Å². The maximum Gasteiger partial charge on any atom is 0.193 e. The van der Waals surface area contributed by atoms with E-state index in [1.165, 1.54) is 12.1 Å². The van der Waals surface area contributed by atoms with Gasteiger partial charge in [0.05, 0.1) is 0 Å². The Bertz CT molecular complexity index is 838. The van der Waals surface area contributed by atoms with Crippen LogP contribution in [0.2, 0.25) is 0 Å². The number of ketones is 1. The molecule has 0 fully saturated rings. The summed E-state index contributed by atoms with van der Waals surface area (Å²) in [6.07, 6.45) is 0. The van der Waals surface area contributed by atoms with Gasteiger partial charge in [-0.25, -0.2) is 4.39 Å². The van der Waals surface area contributed by atoms with E-state index < -0.39 is 0 Å². The number of hydrogen-bond acceptors (Lipinski definition) is 1. The molecule has 0 aliphatic carbocycles. The van der Waals surface area contributed by atoms with Crippen LogP contribution < -0.4 is 0 Å². The summed E-state index contributed by atoms with van der Waals surface area (Å²) in [5, 5.41) is 1.08. The summed E-state index contributed by atoms with van der Waals surface area (Å²) in [5.74, 6) is -0.453. The van der Waals surface area contributed by atoms with Crippen molar-refractivity contribution in [3.05, 3.63) is 80.5 Å². The molecule has 3 aromatic rings. The third kappa shape index (κ3) is 2.78. The zero-order chi connectivity index (χ0) is 15.0. The van der Waals surface area contributed by atoms with E-state index in [4.69, 9.17) is 0 Å². The zero-order valence-electron chi connectivity index (χ0n) is 10.7. The Balaban J connectivity index is 2.20. The molecule has 4 heteroatoms. The molecule has 0 saturated heterocycles. The summed E-state index contributed by atoms with van der Waals surface area (Å²) < 4.78 is 15.5. The summed E-state index contributed by atoms with van der Waals surface area (Å²) in [7, 11) is 0. The molecule has 3 rings (SSSR count). The van der Waals surface area contributed by atoms with Crippen molar-refractivity contribution in [1.82, 2.24) is 0 Å². The Morgan fingerprint density at radius 3 is 2.14 bits per heavy atom. The van der Waals surface area contributed by atoms with Crippen LogP contribution in [0.1, 0.15) is 15.9 Å². The molecule has 104 valence electrons. The molecule has 0 unspecified atom stereocenters. The summed E-state index contributed by atoms with van der Waals surface area (Å²) in [6, 6.07) is 15.2. The summed E-state index contributed by atoms with van der Waals surface area (Å²) in [4.78, 5) is 12.7. The molecule has 0 spiro atoms. The zero-order valence-corrected chi connectivity index (χ0v) is 13.9. The fourth-order valence-corrected chi connectivity index (χ4v) is 3.59. The van der Waals surface area contributed by atoms with E-state index in [-0.39, 0.29) is 11.6 Å². The van der Waals surface area contributed by atoms with Gasteiger partial charge < -0.3 is 0 Å². The lowest BCUT2D eigenvalue weighted by molar-refractivity contribution is 0.104. The van der Waals surface area contributed by atoms with E-state index in [0.717, 1.165) is 8.95 Å². The van der Waals surface area contributed by atoms with Crippen LogP contribution in [-0.2, 0) is 0 Å². The highest BCUT2D eigenvalue weighted by molar-refractivity contribution is 9.11. The molecule has 0 aliphatic rings. The average molecular weight is 408 g/mol. The maximum absolute atomic E-state index is 13.8. The van der Waals surface area contributed by atoms with Gasteiger partial charge in [-0.05, 0) is 35.7 Å². The number of fused-ring (bicyclic) bond motifs is 1. The molecule has 0 saturated carbocycles. The van der Waals surface area contributed by atoms with Crippen molar-refractivity contribution >= 4 is 48.4 Å². The largest absolute Gasteiger partial charge is 0.289 e. The number of benzene rings is 3. The molecule has 1 nitrogen and oxygen atoms in total. The maximum atomic E-state index is 13.8. The number of rotatable bonds is 2. The van der Waals surface area contributed by atoms with E-state index >= 15 is 0 Å². The Labute approximate surface area is 138 Å². The van der Waals surface area contributed by atoms with Gasteiger partial charge in [-0.2, -0.15) is 0 Å². The standard InChI is InChI=1S/C17H9Br2FO/c18-11-7-10(8-12(19)9-11)17(21)15-5-6-16(20)14-4-2-1-3-13(14)15/h1-9H. The van der Waals surface area contributed by atoms with Crippen molar-refractivity contribution in [2.24, 2.45) is 0 Å². The fourth-order valence-electron chi connectivity index (χ4n) is 2.30. The second kappa shape index (κ2) is 5.70. The minimum Gasteiger partial charge on any atom is -0.289 e. The smallest absolute Gasteiger partial charge is 0.193 e. The number of hydrogen-bond donors (Lipinski definition) is 0. The molecular weight excluding hydrogens is 399 g/mol. The van der Waals surface area contributed by atoms with E-state index in [1.54, 1.807) is 36.4 Å². The third-order valence-electron chi connectivity index (χ3n) is 3.24. The van der Waals surface area contributed by atoms with Crippen LogP contribution in [0, 0.1) is 5.82 Å². The highest BCUT2D eigenvalue weighted by Gasteiger charge is 2.15. The lowest BCUT2D eigenvalue weighted by atomic mass is 9.97. The minimum atomic E-state index is -0.322. The van der Waals surface area contributed by atoms with Gasteiger partial charge in [0.15, 0.2) is 5.78 Å². The molecule has 0 aliphatic heterocycles. The molecule has 0 amide bonds. The quantitative estimate of drug-likeness (QED) is 0.495. The Morgan fingerprint density at radius 1 is 0.857 bits per heavy atom. The lowest BCUT2D eigenvalue weighted by Gasteiger charge is -2.08. The fraction of sp³-hybridized carbons (Fsp3) is 0. The van der Waals surface area contributed by atoms with Crippen LogP contribution in [0.25, 0.3) is 10.8 Å². The van der Waals surface area contributed by atoms with Crippen molar-refractivity contribution < 1.29 is 9.18 Å². The number of carbonyl (C=O) groups is 1. The Morgan fingerprint density at radius 2 is 1.48 bits per heavy atom. The summed E-state index contributed by atoms with van der Waals surface area (Å²) in [5.41, 5.74) is 1.05. The van der Waals surface area contributed by atoms with Crippen molar-refractivity contribution in [2.45, 2.75) is 0 Å².